The molecule has 5 heteroatoms. The fourth-order valence-corrected chi connectivity index (χ4v) is 2.27. The van der Waals surface area contributed by atoms with Crippen molar-refractivity contribution in [3.05, 3.63) is 35.3 Å². The van der Waals surface area contributed by atoms with Crippen LogP contribution in [-0.2, 0) is 10.0 Å². The molecule has 0 saturated heterocycles. The van der Waals surface area contributed by atoms with Gasteiger partial charge < -0.3 is 5.11 Å². The Labute approximate surface area is 96.4 Å². The van der Waals surface area contributed by atoms with E-state index in [1.807, 2.05) is 26.0 Å². The predicted molar refractivity (Wildman–Crippen MR) is 64.2 cm³/mol. The number of allylic oxidation sites excluding steroid dienone is 5. The fourth-order valence-electron chi connectivity index (χ4n) is 1.24. The molecule has 0 aromatic heterocycles. The SMILES string of the molecule is CC1(C)C=CC=C(S(=O)(=O)NCCO)C=C1. The standard InChI is InChI=1S/C11H17NO3S/c1-11(2)6-3-4-10(5-7-11)16(14,15)12-8-9-13/h3-7,12-13H,8-9H2,1-2H3. The molecule has 4 nitrogen and oxygen atoms in total. The molecule has 0 aliphatic heterocycles. The molecule has 90 valence electrons. The third kappa shape index (κ3) is 3.59. The number of sulfonamides is 1. The maximum absolute atomic E-state index is 11.7. The second-order valence-electron chi connectivity index (χ2n) is 4.20. The van der Waals surface area contributed by atoms with Crippen molar-refractivity contribution in [2.75, 3.05) is 13.2 Å². The van der Waals surface area contributed by atoms with Crippen molar-refractivity contribution < 1.29 is 13.5 Å². The minimum Gasteiger partial charge on any atom is -0.395 e. The Bertz CT molecular complexity index is 430. The fraction of sp³-hybridized carbons (Fsp3) is 0.455. The quantitative estimate of drug-likeness (QED) is 0.772. The van der Waals surface area contributed by atoms with Gasteiger partial charge in [-0.15, -0.1) is 0 Å². The summed E-state index contributed by atoms with van der Waals surface area (Å²) >= 11 is 0. The van der Waals surface area contributed by atoms with Gasteiger partial charge in [0.2, 0.25) is 10.0 Å². The van der Waals surface area contributed by atoms with Crippen LogP contribution in [0.15, 0.2) is 35.3 Å². The summed E-state index contributed by atoms with van der Waals surface area (Å²) in [6.07, 6.45) is 8.62. The van der Waals surface area contributed by atoms with Gasteiger partial charge in [0.1, 0.15) is 0 Å². The summed E-state index contributed by atoms with van der Waals surface area (Å²) in [7, 11) is -3.51. The number of aliphatic hydroxyl groups is 1. The second-order valence-corrected chi connectivity index (χ2v) is 5.97. The van der Waals surface area contributed by atoms with E-state index in [1.54, 1.807) is 18.2 Å². The van der Waals surface area contributed by atoms with Crippen LogP contribution in [0.3, 0.4) is 0 Å². The molecule has 0 unspecified atom stereocenters. The van der Waals surface area contributed by atoms with Crippen molar-refractivity contribution in [1.29, 1.82) is 0 Å². The average molecular weight is 243 g/mol. The van der Waals surface area contributed by atoms with Crippen LogP contribution in [0.1, 0.15) is 13.8 Å². The zero-order chi connectivity index (χ0) is 12.2. The van der Waals surface area contributed by atoms with Gasteiger partial charge in [-0.2, -0.15) is 0 Å². The zero-order valence-electron chi connectivity index (χ0n) is 9.47. The molecule has 0 fully saturated rings. The Morgan fingerprint density at radius 3 is 2.69 bits per heavy atom. The highest BCUT2D eigenvalue weighted by atomic mass is 32.2. The van der Waals surface area contributed by atoms with Crippen molar-refractivity contribution in [3.63, 3.8) is 0 Å². The molecule has 0 aromatic carbocycles. The first-order chi connectivity index (χ1) is 7.37. The van der Waals surface area contributed by atoms with Crippen molar-refractivity contribution in [2.45, 2.75) is 13.8 Å². The molecule has 0 heterocycles. The van der Waals surface area contributed by atoms with E-state index in [0.29, 0.717) is 0 Å². The van der Waals surface area contributed by atoms with E-state index in [1.165, 1.54) is 0 Å². The Kier molecular flexibility index (Phi) is 4.07. The topological polar surface area (TPSA) is 66.4 Å². The molecular weight excluding hydrogens is 226 g/mol. The van der Waals surface area contributed by atoms with Gasteiger partial charge in [-0.25, -0.2) is 13.1 Å². The summed E-state index contributed by atoms with van der Waals surface area (Å²) in [4.78, 5) is 0.211. The van der Waals surface area contributed by atoms with E-state index in [9.17, 15) is 8.42 Å². The Hall–Kier alpha value is -0.910. The smallest absolute Gasteiger partial charge is 0.240 e. The van der Waals surface area contributed by atoms with E-state index in [0.717, 1.165) is 0 Å². The van der Waals surface area contributed by atoms with Gasteiger partial charge in [0.05, 0.1) is 11.5 Å². The summed E-state index contributed by atoms with van der Waals surface area (Å²) in [5.74, 6) is 0. The molecular formula is C11H17NO3S. The number of aliphatic hydroxyl groups excluding tert-OH is 1. The molecule has 1 aliphatic carbocycles. The van der Waals surface area contributed by atoms with E-state index in [4.69, 9.17) is 5.11 Å². The normalized spacial score (nSPS) is 19.3. The lowest BCUT2D eigenvalue weighted by Crippen LogP contribution is -2.27. The molecule has 0 aromatic rings. The van der Waals surface area contributed by atoms with Gasteiger partial charge >= 0.3 is 0 Å². The van der Waals surface area contributed by atoms with Crippen molar-refractivity contribution >= 4 is 10.0 Å². The first-order valence-electron chi connectivity index (χ1n) is 5.07. The average Bonchev–Trinajstić information content (AvgIpc) is 2.36. The van der Waals surface area contributed by atoms with Gasteiger partial charge in [-0.05, 0) is 12.2 Å². The summed E-state index contributed by atoms with van der Waals surface area (Å²) in [5, 5.41) is 8.59. The molecule has 0 spiro atoms. The Morgan fingerprint density at radius 2 is 2.06 bits per heavy atom. The molecule has 0 amide bonds. The molecule has 1 aliphatic rings. The molecule has 16 heavy (non-hydrogen) atoms. The van der Waals surface area contributed by atoms with Crippen LogP contribution >= 0.6 is 0 Å². The van der Waals surface area contributed by atoms with Gasteiger partial charge in [-0.1, -0.05) is 32.1 Å². The van der Waals surface area contributed by atoms with Gasteiger partial charge in [0.25, 0.3) is 0 Å². The lowest BCUT2D eigenvalue weighted by atomic mass is 9.93. The number of hydrogen-bond acceptors (Lipinski definition) is 3. The zero-order valence-corrected chi connectivity index (χ0v) is 10.3. The molecule has 0 saturated carbocycles. The lowest BCUT2D eigenvalue weighted by Gasteiger charge is -2.12. The maximum atomic E-state index is 11.7. The summed E-state index contributed by atoms with van der Waals surface area (Å²) < 4.78 is 25.8. The lowest BCUT2D eigenvalue weighted by molar-refractivity contribution is 0.301. The van der Waals surface area contributed by atoms with Crippen molar-refractivity contribution in [1.82, 2.24) is 4.72 Å². The van der Waals surface area contributed by atoms with Crippen LogP contribution in [-0.4, -0.2) is 26.7 Å². The van der Waals surface area contributed by atoms with Crippen LogP contribution in [0.4, 0.5) is 0 Å². The van der Waals surface area contributed by atoms with Crippen LogP contribution in [0.2, 0.25) is 0 Å². The van der Waals surface area contributed by atoms with Gasteiger partial charge in [-0.3, -0.25) is 0 Å². The van der Waals surface area contributed by atoms with E-state index < -0.39 is 10.0 Å². The summed E-state index contributed by atoms with van der Waals surface area (Å²) in [6, 6.07) is 0. The first-order valence-corrected chi connectivity index (χ1v) is 6.55. The number of hydrogen-bond donors (Lipinski definition) is 2. The number of rotatable bonds is 4. The summed E-state index contributed by atoms with van der Waals surface area (Å²) in [5.41, 5.74) is -0.148. The third-order valence-corrected chi connectivity index (χ3v) is 3.65. The molecule has 2 N–H and O–H groups in total. The monoisotopic (exact) mass is 243 g/mol. The van der Waals surface area contributed by atoms with Crippen LogP contribution < -0.4 is 4.72 Å². The molecule has 0 atom stereocenters. The van der Waals surface area contributed by atoms with Crippen LogP contribution in [0, 0.1) is 5.41 Å². The minimum atomic E-state index is -3.51. The van der Waals surface area contributed by atoms with Gasteiger partial charge in [0, 0.05) is 12.0 Å². The highest BCUT2D eigenvalue weighted by molar-refractivity contribution is 7.93. The van der Waals surface area contributed by atoms with E-state index >= 15 is 0 Å². The molecule has 0 radical (unpaired) electrons. The highest BCUT2D eigenvalue weighted by Gasteiger charge is 2.17. The van der Waals surface area contributed by atoms with Gasteiger partial charge in [0.15, 0.2) is 0 Å². The minimum absolute atomic E-state index is 0.0284. The van der Waals surface area contributed by atoms with E-state index in [2.05, 4.69) is 4.72 Å². The van der Waals surface area contributed by atoms with Crippen molar-refractivity contribution in [2.24, 2.45) is 5.41 Å². The second kappa shape index (κ2) is 4.95. The summed E-state index contributed by atoms with van der Waals surface area (Å²) in [6.45, 7) is 3.80. The predicted octanol–water partition coefficient (Wildman–Crippen LogP) is 0.934. The first kappa shape index (κ1) is 13.2. The molecule has 1 rings (SSSR count). The molecule has 0 bridgehead atoms. The highest BCUT2D eigenvalue weighted by Crippen LogP contribution is 2.23. The maximum Gasteiger partial charge on any atom is 0.240 e. The Morgan fingerprint density at radius 1 is 1.38 bits per heavy atom. The van der Waals surface area contributed by atoms with Crippen LogP contribution in [0.5, 0.6) is 0 Å². The number of nitrogens with one attached hydrogen (secondary N) is 1. The van der Waals surface area contributed by atoms with Crippen LogP contribution in [0.25, 0.3) is 0 Å². The largest absolute Gasteiger partial charge is 0.395 e. The van der Waals surface area contributed by atoms with E-state index in [-0.39, 0.29) is 23.5 Å². The Balaban J connectivity index is 2.91. The van der Waals surface area contributed by atoms with Crippen molar-refractivity contribution in [3.8, 4) is 0 Å². The third-order valence-electron chi connectivity index (χ3n) is 2.18.